The van der Waals surface area contributed by atoms with Crippen LogP contribution in [-0.2, 0) is 4.74 Å². The summed E-state index contributed by atoms with van der Waals surface area (Å²) in [6.07, 6.45) is 9.43. The molecule has 0 aromatic carbocycles. The highest BCUT2D eigenvalue weighted by Crippen LogP contribution is 2.72. The zero-order chi connectivity index (χ0) is 8.23. The van der Waals surface area contributed by atoms with E-state index in [2.05, 4.69) is 6.92 Å². The Balaban J connectivity index is 1.82. The molecule has 0 aliphatic heterocycles. The van der Waals surface area contributed by atoms with E-state index in [0.29, 0.717) is 16.9 Å². The Bertz CT molecular complexity index is 181. The molecule has 3 rings (SSSR count). The first kappa shape index (κ1) is 7.37. The Morgan fingerprint density at radius 3 is 1.75 bits per heavy atom. The summed E-state index contributed by atoms with van der Waals surface area (Å²) < 4.78 is 5.96. The lowest BCUT2D eigenvalue weighted by Crippen LogP contribution is -2.27. The highest BCUT2D eigenvalue weighted by atomic mass is 16.5. The average Bonchev–Trinajstić information content (AvgIpc) is 2.94. The van der Waals surface area contributed by atoms with Crippen LogP contribution in [0.3, 0.4) is 0 Å². The van der Waals surface area contributed by atoms with Gasteiger partial charge in [0.2, 0.25) is 0 Å². The van der Waals surface area contributed by atoms with Crippen molar-refractivity contribution in [1.29, 1.82) is 0 Å². The maximum absolute atomic E-state index is 5.96. The van der Waals surface area contributed by atoms with Crippen LogP contribution < -0.4 is 0 Å². The van der Waals surface area contributed by atoms with Gasteiger partial charge in [-0.15, -0.1) is 0 Å². The summed E-state index contributed by atoms with van der Waals surface area (Å²) in [7, 11) is 0. The smallest absolute Gasteiger partial charge is 0.0687 e. The molecule has 3 fully saturated rings. The van der Waals surface area contributed by atoms with E-state index in [9.17, 15) is 0 Å². The monoisotopic (exact) mass is 166 g/mol. The Hall–Kier alpha value is -0.0400. The number of hydrogen-bond donors (Lipinski definition) is 0. The summed E-state index contributed by atoms with van der Waals surface area (Å²) in [6, 6.07) is 0. The van der Waals surface area contributed by atoms with Gasteiger partial charge in [0, 0.05) is 6.61 Å². The maximum atomic E-state index is 5.96. The van der Waals surface area contributed by atoms with Gasteiger partial charge in [-0.3, -0.25) is 0 Å². The molecule has 3 aliphatic rings. The summed E-state index contributed by atoms with van der Waals surface area (Å²) in [5, 5.41) is 0. The largest absolute Gasteiger partial charge is 0.377 e. The molecule has 0 amide bonds. The molecule has 0 N–H and O–H groups in total. The lowest BCUT2D eigenvalue weighted by atomic mass is 9.96. The van der Waals surface area contributed by atoms with Crippen molar-refractivity contribution in [1.82, 2.24) is 0 Å². The lowest BCUT2D eigenvalue weighted by molar-refractivity contribution is -0.0102. The van der Waals surface area contributed by atoms with Crippen LogP contribution in [0.25, 0.3) is 0 Å². The van der Waals surface area contributed by atoms with E-state index in [1.807, 2.05) is 0 Å². The molecule has 1 nitrogen and oxygen atoms in total. The van der Waals surface area contributed by atoms with Crippen molar-refractivity contribution in [2.24, 2.45) is 10.8 Å². The van der Waals surface area contributed by atoms with Gasteiger partial charge in [0.05, 0.1) is 6.10 Å². The molecule has 68 valence electrons. The van der Waals surface area contributed by atoms with Gasteiger partial charge in [0.25, 0.3) is 0 Å². The number of ether oxygens (including phenoxy) is 1. The molecule has 0 saturated heterocycles. The summed E-state index contributed by atoms with van der Waals surface area (Å²) in [5.74, 6) is 0. The molecule has 3 aliphatic carbocycles. The zero-order valence-electron chi connectivity index (χ0n) is 7.94. The molecule has 0 unspecified atom stereocenters. The second-order valence-electron chi connectivity index (χ2n) is 5.06. The minimum absolute atomic E-state index is 0.662. The summed E-state index contributed by atoms with van der Waals surface area (Å²) in [4.78, 5) is 0. The minimum Gasteiger partial charge on any atom is -0.377 e. The van der Waals surface area contributed by atoms with E-state index in [-0.39, 0.29) is 0 Å². The predicted octanol–water partition coefficient (Wildman–Crippen LogP) is 2.75. The van der Waals surface area contributed by atoms with Crippen molar-refractivity contribution in [2.45, 2.75) is 51.6 Å². The van der Waals surface area contributed by atoms with Gasteiger partial charge in [0.1, 0.15) is 0 Å². The van der Waals surface area contributed by atoms with Crippen molar-refractivity contribution in [3.05, 3.63) is 0 Å². The molecule has 0 atom stereocenters. The first-order valence-corrected chi connectivity index (χ1v) is 5.43. The van der Waals surface area contributed by atoms with Gasteiger partial charge in [-0.05, 0) is 56.3 Å². The van der Waals surface area contributed by atoms with E-state index in [4.69, 9.17) is 4.74 Å². The third-order valence-corrected chi connectivity index (χ3v) is 4.35. The standard InChI is InChI=1S/C11H18O/c1-2-12-9-10(3-4-10)7-8-11(9)5-6-11/h9H,2-8H2,1H3. The molecule has 3 saturated carbocycles. The first-order chi connectivity index (χ1) is 5.81. The second kappa shape index (κ2) is 2.06. The van der Waals surface area contributed by atoms with Crippen LogP contribution in [0.4, 0.5) is 0 Å². The van der Waals surface area contributed by atoms with Gasteiger partial charge in [-0.25, -0.2) is 0 Å². The summed E-state index contributed by atoms with van der Waals surface area (Å²) in [5.41, 5.74) is 1.37. The van der Waals surface area contributed by atoms with Gasteiger partial charge in [0.15, 0.2) is 0 Å². The van der Waals surface area contributed by atoms with Crippen LogP contribution >= 0.6 is 0 Å². The van der Waals surface area contributed by atoms with E-state index in [1.165, 1.54) is 38.5 Å². The van der Waals surface area contributed by atoms with Crippen LogP contribution in [0, 0.1) is 10.8 Å². The first-order valence-electron chi connectivity index (χ1n) is 5.43. The Morgan fingerprint density at radius 1 is 1.00 bits per heavy atom. The third kappa shape index (κ3) is 0.783. The highest BCUT2D eigenvalue weighted by molar-refractivity contribution is 5.17. The SMILES string of the molecule is CCOC1C2(CC2)CCC12CC2. The fraction of sp³-hybridized carbons (Fsp3) is 1.00. The van der Waals surface area contributed by atoms with Crippen molar-refractivity contribution in [3.63, 3.8) is 0 Å². The predicted molar refractivity (Wildman–Crippen MR) is 48.0 cm³/mol. The third-order valence-electron chi connectivity index (χ3n) is 4.35. The van der Waals surface area contributed by atoms with Crippen LogP contribution in [0.2, 0.25) is 0 Å². The van der Waals surface area contributed by atoms with Gasteiger partial charge < -0.3 is 4.74 Å². The highest BCUT2D eigenvalue weighted by Gasteiger charge is 2.67. The number of rotatable bonds is 2. The molecular weight excluding hydrogens is 148 g/mol. The fourth-order valence-electron chi connectivity index (χ4n) is 3.28. The number of hydrogen-bond acceptors (Lipinski definition) is 1. The Kier molecular flexibility index (Phi) is 1.27. The van der Waals surface area contributed by atoms with E-state index < -0.39 is 0 Å². The zero-order valence-corrected chi connectivity index (χ0v) is 7.94. The Morgan fingerprint density at radius 2 is 1.42 bits per heavy atom. The van der Waals surface area contributed by atoms with E-state index >= 15 is 0 Å². The van der Waals surface area contributed by atoms with Crippen LogP contribution in [0.5, 0.6) is 0 Å². The molecular formula is C11H18O. The average molecular weight is 166 g/mol. The van der Waals surface area contributed by atoms with E-state index in [0.717, 1.165) is 6.61 Å². The molecule has 0 heterocycles. The molecule has 0 aromatic rings. The van der Waals surface area contributed by atoms with Gasteiger partial charge in [-0.2, -0.15) is 0 Å². The van der Waals surface area contributed by atoms with Gasteiger partial charge >= 0.3 is 0 Å². The van der Waals surface area contributed by atoms with Gasteiger partial charge in [-0.1, -0.05) is 0 Å². The summed E-state index contributed by atoms with van der Waals surface area (Å²) in [6.45, 7) is 3.07. The van der Waals surface area contributed by atoms with Crippen molar-refractivity contribution < 1.29 is 4.74 Å². The molecule has 0 aromatic heterocycles. The minimum atomic E-state index is 0.662. The van der Waals surface area contributed by atoms with Crippen LogP contribution in [0.15, 0.2) is 0 Å². The van der Waals surface area contributed by atoms with E-state index in [1.54, 1.807) is 0 Å². The molecule has 2 spiro atoms. The molecule has 12 heavy (non-hydrogen) atoms. The van der Waals surface area contributed by atoms with Crippen molar-refractivity contribution in [3.8, 4) is 0 Å². The van der Waals surface area contributed by atoms with Crippen LogP contribution in [0.1, 0.15) is 45.4 Å². The second-order valence-corrected chi connectivity index (χ2v) is 5.06. The maximum Gasteiger partial charge on any atom is 0.0687 e. The lowest BCUT2D eigenvalue weighted by Gasteiger charge is -2.24. The van der Waals surface area contributed by atoms with Crippen molar-refractivity contribution in [2.75, 3.05) is 6.61 Å². The topological polar surface area (TPSA) is 9.23 Å². The van der Waals surface area contributed by atoms with Crippen molar-refractivity contribution >= 4 is 0 Å². The quantitative estimate of drug-likeness (QED) is 0.613. The Labute approximate surface area is 74.5 Å². The van der Waals surface area contributed by atoms with Crippen LogP contribution in [-0.4, -0.2) is 12.7 Å². The molecule has 1 heteroatoms. The summed E-state index contributed by atoms with van der Waals surface area (Å²) >= 11 is 0. The molecule has 0 bridgehead atoms. The fourth-order valence-corrected chi connectivity index (χ4v) is 3.28. The molecule has 0 radical (unpaired) electrons. The normalized spacial score (nSPS) is 34.8.